The van der Waals surface area contributed by atoms with Gasteiger partial charge in [-0.2, -0.15) is 5.26 Å². The van der Waals surface area contributed by atoms with E-state index in [1.54, 1.807) is 0 Å². The average molecular weight is 440 g/mol. The number of likely N-dealkylation sites (N-methyl/N-ethyl adjacent to an activating group) is 1. The largest absolute Gasteiger partial charge is 0.458 e. The van der Waals surface area contributed by atoms with Gasteiger partial charge in [-0.3, -0.25) is 4.79 Å². The Hall–Kier alpha value is -4.05. The number of benzene rings is 2. The number of nitriles is 1. The van der Waals surface area contributed by atoms with Crippen molar-refractivity contribution in [2.45, 2.75) is 38.8 Å². The molecule has 2 aromatic carbocycles. The van der Waals surface area contributed by atoms with Gasteiger partial charge < -0.3 is 19.6 Å². The zero-order valence-electron chi connectivity index (χ0n) is 18.5. The van der Waals surface area contributed by atoms with Crippen LogP contribution >= 0.6 is 0 Å². The lowest BCUT2D eigenvalue weighted by molar-refractivity contribution is 0.0700. The predicted molar refractivity (Wildman–Crippen MR) is 126 cm³/mol. The summed E-state index contributed by atoms with van der Waals surface area (Å²) in [4.78, 5) is 22.7. The first-order valence-electron chi connectivity index (χ1n) is 11.3. The van der Waals surface area contributed by atoms with E-state index in [1.807, 2.05) is 60.4 Å². The molecule has 0 bridgehead atoms. The first-order valence-corrected chi connectivity index (χ1v) is 11.3. The third-order valence-electron chi connectivity index (χ3n) is 6.19. The molecule has 5 rings (SSSR count). The van der Waals surface area contributed by atoms with Gasteiger partial charge in [0.2, 0.25) is 0 Å². The van der Waals surface area contributed by atoms with E-state index >= 15 is 0 Å². The molecule has 1 aliphatic carbocycles. The van der Waals surface area contributed by atoms with Gasteiger partial charge >= 0.3 is 0 Å². The fourth-order valence-electron chi connectivity index (χ4n) is 4.55. The number of hydrogen-bond acceptors (Lipinski definition) is 5. The van der Waals surface area contributed by atoms with E-state index in [1.165, 1.54) is 0 Å². The molecule has 0 saturated carbocycles. The van der Waals surface area contributed by atoms with Gasteiger partial charge in [-0.05, 0) is 56.5 Å². The van der Waals surface area contributed by atoms with Crippen LogP contribution in [-0.4, -0.2) is 33.4 Å². The van der Waals surface area contributed by atoms with Gasteiger partial charge in [0.25, 0.3) is 5.91 Å². The molecule has 7 nitrogen and oxygen atoms in total. The second-order valence-electron chi connectivity index (χ2n) is 8.21. The SMILES string of the molecule is CCN(C(=O)c1nc2ccccc2[nH]1)[C@@H]1C=C(NCc2oc3ccccc3c2C#N)CCC1. The van der Waals surface area contributed by atoms with E-state index in [0.29, 0.717) is 30.2 Å². The Morgan fingerprint density at radius 1 is 1.27 bits per heavy atom. The number of aromatic amines is 1. The summed E-state index contributed by atoms with van der Waals surface area (Å²) in [6.07, 6.45) is 4.90. The number of carbonyl (C=O) groups is 1. The van der Waals surface area contributed by atoms with Crippen LogP contribution in [0.5, 0.6) is 0 Å². The number of furan rings is 1. The van der Waals surface area contributed by atoms with Crippen LogP contribution in [0.15, 0.2) is 64.7 Å². The highest BCUT2D eigenvalue weighted by Gasteiger charge is 2.27. The van der Waals surface area contributed by atoms with Crippen molar-refractivity contribution >= 4 is 27.9 Å². The van der Waals surface area contributed by atoms with Crippen molar-refractivity contribution in [2.24, 2.45) is 0 Å². The van der Waals surface area contributed by atoms with Gasteiger partial charge in [-0.1, -0.05) is 24.3 Å². The minimum Gasteiger partial charge on any atom is -0.458 e. The number of H-pyrrole nitrogens is 1. The molecule has 0 unspecified atom stereocenters. The maximum Gasteiger partial charge on any atom is 0.290 e. The molecule has 166 valence electrons. The summed E-state index contributed by atoms with van der Waals surface area (Å²) < 4.78 is 5.91. The Bertz CT molecular complexity index is 1360. The minimum atomic E-state index is -0.0970. The minimum absolute atomic E-state index is 0.0157. The van der Waals surface area contributed by atoms with Gasteiger partial charge in [0.05, 0.1) is 23.6 Å². The highest BCUT2D eigenvalue weighted by Crippen LogP contribution is 2.27. The van der Waals surface area contributed by atoms with E-state index in [9.17, 15) is 10.1 Å². The van der Waals surface area contributed by atoms with E-state index in [4.69, 9.17) is 4.42 Å². The van der Waals surface area contributed by atoms with Crippen molar-refractivity contribution in [1.29, 1.82) is 5.26 Å². The third-order valence-corrected chi connectivity index (χ3v) is 6.19. The second kappa shape index (κ2) is 8.83. The zero-order valence-corrected chi connectivity index (χ0v) is 18.5. The van der Waals surface area contributed by atoms with E-state index in [2.05, 4.69) is 27.4 Å². The summed E-state index contributed by atoms with van der Waals surface area (Å²) in [6, 6.07) is 17.5. The number of nitrogens with one attached hydrogen (secondary N) is 2. The number of nitrogens with zero attached hydrogens (tertiary/aromatic N) is 3. The molecule has 4 aromatic rings. The molecule has 0 radical (unpaired) electrons. The predicted octanol–water partition coefficient (Wildman–Crippen LogP) is 4.87. The standard InChI is InChI=1S/C26H25N5O2/c1-2-31(26(32)25-29-21-11-4-5-12-22(21)30-25)18-9-7-8-17(14-18)28-16-24-20(15-27)19-10-3-6-13-23(19)33-24/h3-6,10-14,18,28H,2,7-9,16H2,1H3,(H,29,30)/t18-/m0/s1. The first kappa shape index (κ1) is 20.8. The van der Waals surface area contributed by atoms with Crippen LogP contribution in [0.1, 0.15) is 48.1 Å². The normalized spacial score (nSPS) is 15.9. The molecule has 1 aliphatic rings. The molecule has 33 heavy (non-hydrogen) atoms. The van der Waals surface area contributed by atoms with Crippen molar-refractivity contribution in [3.63, 3.8) is 0 Å². The van der Waals surface area contributed by atoms with Crippen LogP contribution < -0.4 is 5.32 Å². The molecule has 7 heteroatoms. The number of rotatable bonds is 6. The van der Waals surface area contributed by atoms with Gasteiger partial charge in [0, 0.05) is 17.6 Å². The Labute approximate surface area is 191 Å². The molecule has 2 heterocycles. The van der Waals surface area contributed by atoms with Crippen LogP contribution in [0.2, 0.25) is 0 Å². The van der Waals surface area contributed by atoms with Crippen molar-refractivity contribution in [3.05, 3.63) is 77.5 Å². The number of fused-ring (bicyclic) bond motifs is 2. The molecular formula is C26H25N5O2. The fourth-order valence-corrected chi connectivity index (χ4v) is 4.55. The molecular weight excluding hydrogens is 414 g/mol. The van der Waals surface area contributed by atoms with Gasteiger partial charge in [-0.15, -0.1) is 0 Å². The van der Waals surface area contributed by atoms with E-state index in [0.717, 1.165) is 47.0 Å². The van der Waals surface area contributed by atoms with Crippen molar-refractivity contribution < 1.29 is 9.21 Å². The van der Waals surface area contributed by atoms with Crippen LogP contribution in [0.3, 0.4) is 0 Å². The van der Waals surface area contributed by atoms with Crippen molar-refractivity contribution in [2.75, 3.05) is 6.54 Å². The number of amides is 1. The molecule has 1 amide bonds. The fraction of sp³-hybridized carbons (Fsp3) is 0.269. The summed E-state index contributed by atoms with van der Waals surface area (Å²) in [5.41, 5.74) is 4.00. The Kier molecular flexibility index (Phi) is 5.57. The number of carbonyl (C=O) groups excluding carboxylic acids is 1. The lowest BCUT2D eigenvalue weighted by Gasteiger charge is -2.31. The lowest BCUT2D eigenvalue weighted by Crippen LogP contribution is -2.41. The van der Waals surface area contributed by atoms with Gasteiger partial charge in [-0.25, -0.2) is 4.98 Å². The quantitative estimate of drug-likeness (QED) is 0.447. The summed E-state index contributed by atoms with van der Waals surface area (Å²) >= 11 is 0. The monoisotopic (exact) mass is 439 g/mol. The molecule has 2 N–H and O–H groups in total. The van der Waals surface area contributed by atoms with Gasteiger partial charge in [0.15, 0.2) is 5.82 Å². The molecule has 0 aliphatic heterocycles. The molecule has 0 saturated heterocycles. The van der Waals surface area contributed by atoms with Crippen LogP contribution in [0.25, 0.3) is 22.0 Å². The zero-order chi connectivity index (χ0) is 22.8. The molecule has 2 aromatic heterocycles. The first-order chi connectivity index (χ1) is 16.2. The molecule has 0 fully saturated rings. The van der Waals surface area contributed by atoms with E-state index < -0.39 is 0 Å². The lowest BCUT2D eigenvalue weighted by atomic mass is 9.98. The molecule has 1 atom stereocenters. The van der Waals surface area contributed by atoms with Crippen LogP contribution in [0.4, 0.5) is 0 Å². The van der Waals surface area contributed by atoms with E-state index in [-0.39, 0.29) is 11.9 Å². The second-order valence-corrected chi connectivity index (χ2v) is 8.21. The van der Waals surface area contributed by atoms with Crippen molar-refractivity contribution in [1.82, 2.24) is 20.2 Å². The summed E-state index contributed by atoms with van der Waals surface area (Å²) in [6.45, 7) is 3.01. The molecule has 0 spiro atoms. The van der Waals surface area contributed by atoms with Crippen LogP contribution in [0, 0.1) is 11.3 Å². The Morgan fingerprint density at radius 3 is 2.91 bits per heavy atom. The number of aromatic nitrogens is 2. The average Bonchev–Trinajstić information content (AvgIpc) is 3.44. The highest BCUT2D eigenvalue weighted by atomic mass is 16.3. The number of allylic oxidation sites excluding steroid dienone is 1. The number of para-hydroxylation sites is 3. The Morgan fingerprint density at radius 2 is 2.09 bits per heavy atom. The van der Waals surface area contributed by atoms with Crippen LogP contribution in [-0.2, 0) is 6.54 Å². The summed E-state index contributed by atoms with van der Waals surface area (Å²) in [5, 5.41) is 13.9. The maximum atomic E-state index is 13.2. The maximum absolute atomic E-state index is 13.2. The highest BCUT2D eigenvalue weighted by molar-refractivity contribution is 5.94. The van der Waals surface area contributed by atoms with Crippen molar-refractivity contribution in [3.8, 4) is 6.07 Å². The third kappa shape index (κ3) is 3.96. The number of imidazole rings is 1. The Balaban J connectivity index is 1.34. The summed E-state index contributed by atoms with van der Waals surface area (Å²) in [7, 11) is 0. The number of hydrogen-bond donors (Lipinski definition) is 2. The summed E-state index contributed by atoms with van der Waals surface area (Å²) in [5.74, 6) is 0.903. The smallest absolute Gasteiger partial charge is 0.290 e. The van der Waals surface area contributed by atoms with Gasteiger partial charge in [0.1, 0.15) is 23.0 Å². The topological polar surface area (TPSA) is 97.9 Å².